The van der Waals surface area contributed by atoms with Crippen LogP contribution in [0.3, 0.4) is 0 Å². The van der Waals surface area contributed by atoms with Crippen LogP contribution in [-0.2, 0) is 30.3 Å². The highest BCUT2D eigenvalue weighted by Crippen LogP contribution is 1.63. The van der Waals surface area contributed by atoms with Crippen molar-refractivity contribution in [1.29, 1.82) is 0 Å². The minimum atomic E-state index is -2.86. The quantitative estimate of drug-likeness (QED) is 0.238. The topological polar surface area (TPSA) is 54.4 Å². The summed E-state index contributed by atoms with van der Waals surface area (Å²) in [5.41, 5.74) is 0. The van der Waals surface area contributed by atoms with Crippen molar-refractivity contribution < 1.29 is 13.0 Å². The van der Waals surface area contributed by atoms with E-state index < -0.39 is 11.0 Å². The molecule has 0 rings (SSSR count). The van der Waals surface area contributed by atoms with E-state index in [4.69, 9.17) is 13.0 Å². The molecule has 0 aromatic carbocycles. The van der Waals surface area contributed by atoms with Crippen molar-refractivity contribution in [2.45, 2.75) is 0 Å². The van der Waals surface area contributed by atoms with E-state index in [9.17, 15) is 0 Å². The summed E-state index contributed by atoms with van der Waals surface area (Å²) in [7, 11) is -2.22. The Bertz CT molecular complexity index is 85.9. The second-order valence-electron chi connectivity index (χ2n) is 1.44. The first kappa shape index (κ1) is 11.1. The van der Waals surface area contributed by atoms with Crippen LogP contribution in [0.1, 0.15) is 0 Å². The molecule has 0 amide bonds. The largest absolute Gasteiger partial charge is 0.439 e. The fourth-order valence-electron chi connectivity index (χ4n) is 0. The van der Waals surface area contributed by atoms with E-state index in [1.54, 1.807) is 0 Å². The first-order chi connectivity index (χ1) is 3.46. The maximum Gasteiger partial charge on any atom is 0.0969 e. The molecule has 0 aliphatic heterocycles. The summed E-state index contributed by atoms with van der Waals surface area (Å²) < 4.78 is 24.1. The van der Waals surface area contributed by atoms with Gasteiger partial charge in [-0.05, 0) is 10.9 Å². The first-order valence-electron chi connectivity index (χ1n) is 1.74. The molecule has 1 N–H and O–H groups in total. The van der Waals surface area contributed by atoms with Gasteiger partial charge < -0.3 is 13.0 Å². The monoisotopic (exact) mass is 158 g/mol. The van der Waals surface area contributed by atoms with Gasteiger partial charge in [0.05, 0.1) is 18.8 Å². The summed E-state index contributed by atoms with van der Waals surface area (Å²) in [5, 5.41) is 0. The van der Waals surface area contributed by atoms with E-state index in [0.29, 0.717) is 10.9 Å². The van der Waals surface area contributed by atoms with E-state index in [-0.39, 0.29) is 0 Å². The van der Waals surface area contributed by atoms with Gasteiger partial charge in [0.2, 0.25) is 0 Å². The van der Waals surface area contributed by atoms with Crippen LogP contribution in [0.4, 0.5) is 0 Å². The molecule has 0 aliphatic rings. The minimum absolute atomic E-state index is 0.639. The zero-order valence-electron chi connectivity index (χ0n) is 5.08. The van der Waals surface area contributed by atoms with Gasteiger partial charge in [-0.25, -0.2) is 0 Å². The fraction of sp³-hybridized carbons (Fsp3) is 1.00. The molecule has 0 saturated heterocycles. The van der Waals surface area contributed by atoms with Crippen LogP contribution in [0.2, 0.25) is 0 Å². The van der Waals surface area contributed by atoms with Crippen molar-refractivity contribution in [3.8, 4) is 0 Å². The van der Waals surface area contributed by atoms with Gasteiger partial charge in [-0.2, -0.15) is 0 Å². The van der Waals surface area contributed by atoms with Crippen LogP contribution in [0.15, 0.2) is 0 Å². The lowest BCUT2D eigenvalue weighted by molar-refractivity contribution is 0.452. The van der Waals surface area contributed by atoms with E-state index in [0.717, 1.165) is 0 Å². The highest BCUT2D eigenvalue weighted by Gasteiger charge is 1.77. The second kappa shape index (κ2) is 7.26. The van der Waals surface area contributed by atoms with Gasteiger partial charge in [-0.3, -0.25) is 0 Å². The van der Waals surface area contributed by atoms with Crippen LogP contribution >= 0.6 is 0 Å². The standard InChI is InChI=1S/C3H9S.HO3S/c2*1-4(2)3/h1-3H3;(H,1,2,3)/q+1;-1. The average Bonchev–Trinajstić information content (AvgIpc) is 1.25. The van der Waals surface area contributed by atoms with Gasteiger partial charge in [-0.15, -0.1) is 0 Å². The van der Waals surface area contributed by atoms with Crippen molar-refractivity contribution >= 4 is 21.9 Å². The lowest BCUT2D eigenvalue weighted by Crippen LogP contribution is -1.84. The highest BCUT2D eigenvalue weighted by atomic mass is 32.2. The zero-order chi connectivity index (χ0) is 7.15. The van der Waals surface area contributed by atoms with Gasteiger partial charge in [0.25, 0.3) is 0 Å². The van der Waals surface area contributed by atoms with Gasteiger partial charge >= 0.3 is 0 Å². The summed E-state index contributed by atoms with van der Waals surface area (Å²) in [5.74, 6) is 0. The Kier molecular flexibility index (Phi) is 10.1. The Hall–Kier alpha value is 0.260. The SMILES string of the molecule is C[S+](C)C.O=[S-](=O)O. The molecular weight excluding hydrogens is 148 g/mol. The molecule has 0 aromatic rings. The maximum absolute atomic E-state index is 8.56. The molecule has 52 valence electrons. The molecule has 0 fully saturated rings. The summed E-state index contributed by atoms with van der Waals surface area (Å²) in [6.07, 6.45) is 6.58. The fourth-order valence-corrected chi connectivity index (χ4v) is 0. The Balaban J connectivity index is 0. The molecule has 0 atom stereocenters. The van der Waals surface area contributed by atoms with Crippen molar-refractivity contribution in [2.24, 2.45) is 0 Å². The summed E-state index contributed by atoms with van der Waals surface area (Å²) in [6.45, 7) is 0. The molecule has 0 spiro atoms. The van der Waals surface area contributed by atoms with E-state index in [1.165, 1.54) is 0 Å². The Morgan fingerprint density at radius 2 is 1.25 bits per heavy atom. The predicted octanol–water partition coefficient (Wildman–Crippen LogP) is 0.263. The maximum atomic E-state index is 8.56. The number of hydrogen-bond donors (Lipinski definition) is 1. The summed E-state index contributed by atoms with van der Waals surface area (Å²) in [6, 6.07) is 0. The molecule has 0 bridgehead atoms. The molecule has 0 aliphatic carbocycles. The highest BCUT2D eigenvalue weighted by molar-refractivity contribution is 7.94. The van der Waals surface area contributed by atoms with Crippen molar-refractivity contribution in [3.63, 3.8) is 0 Å². The second-order valence-corrected chi connectivity index (χ2v) is 4.33. The third-order valence-electron chi connectivity index (χ3n) is 0. The van der Waals surface area contributed by atoms with E-state index in [1.807, 2.05) is 0 Å². The summed E-state index contributed by atoms with van der Waals surface area (Å²) in [4.78, 5) is 0. The summed E-state index contributed by atoms with van der Waals surface area (Å²) >= 11 is 0. The van der Waals surface area contributed by atoms with Gasteiger partial charge in [0, 0.05) is 11.0 Å². The molecule has 5 heteroatoms. The van der Waals surface area contributed by atoms with Crippen LogP contribution in [-0.4, -0.2) is 23.3 Å². The van der Waals surface area contributed by atoms with Crippen molar-refractivity contribution in [3.05, 3.63) is 0 Å². The molecule has 3 nitrogen and oxygen atoms in total. The smallest absolute Gasteiger partial charge is 0.0969 e. The molecule has 0 unspecified atom stereocenters. The van der Waals surface area contributed by atoms with Crippen LogP contribution in [0, 0.1) is 0 Å². The minimum Gasteiger partial charge on any atom is -0.439 e. The molecule has 8 heavy (non-hydrogen) atoms. The average molecular weight is 158 g/mol. The van der Waals surface area contributed by atoms with Gasteiger partial charge in [-0.1, -0.05) is 0 Å². The normalized spacial score (nSPS) is 8.75. The first-order valence-corrected chi connectivity index (χ1v) is 5.22. The third-order valence-corrected chi connectivity index (χ3v) is 0. The number of hydrogen-bond acceptors (Lipinski definition) is 3. The molecular formula is C3H10O3S2. The van der Waals surface area contributed by atoms with E-state index in [2.05, 4.69) is 18.8 Å². The Labute approximate surface area is 54.2 Å². The molecule has 0 saturated carbocycles. The van der Waals surface area contributed by atoms with Gasteiger partial charge in [0.15, 0.2) is 0 Å². The Morgan fingerprint density at radius 1 is 1.25 bits per heavy atom. The number of rotatable bonds is 0. The van der Waals surface area contributed by atoms with Crippen LogP contribution in [0.25, 0.3) is 0 Å². The molecule has 0 heterocycles. The lowest BCUT2D eigenvalue weighted by atomic mass is 11.9. The van der Waals surface area contributed by atoms with Crippen molar-refractivity contribution in [2.75, 3.05) is 18.8 Å². The zero-order valence-corrected chi connectivity index (χ0v) is 6.71. The van der Waals surface area contributed by atoms with Crippen LogP contribution in [0.5, 0.6) is 0 Å². The lowest BCUT2D eigenvalue weighted by Gasteiger charge is -1.69. The van der Waals surface area contributed by atoms with Gasteiger partial charge in [0.1, 0.15) is 0 Å². The van der Waals surface area contributed by atoms with Crippen molar-refractivity contribution in [1.82, 2.24) is 0 Å². The molecule has 0 aromatic heterocycles. The van der Waals surface area contributed by atoms with Crippen LogP contribution < -0.4 is 0 Å². The third kappa shape index (κ3) is 2560. The Morgan fingerprint density at radius 3 is 1.25 bits per heavy atom. The predicted molar refractivity (Wildman–Crippen MR) is 36.5 cm³/mol. The molecule has 0 radical (unpaired) electrons. The van der Waals surface area contributed by atoms with E-state index >= 15 is 0 Å².